The van der Waals surface area contributed by atoms with Gasteiger partial charge in [-0.1, -0.05) is 95.5 Å². The molecule has 0 atom stereocenters. The Morgan fingerprint density at radius 3 is 2.03 bits per heavy atom. The molecule has 0 fully saturated rings. The van der Waals surface area contributed by atoms with Gasteiger partial charge in [-0.2, -0.15) is 0 Å². The highest BCUT2D eigenvalue weighted by atomic mass is 19.1. The van der Waals surface area contributed by atoms with Gasteiger partial charge in [0.1, 0.15) is 11.6 Å². The van der Waals surface area contributed by atoms with Crippen molar-refractivity contribution in [3.8, 4) is 28.0 Å². The first-order valence-electron chi connectivity index (χ1n) is 13.9. The van der Waals surface area contributed by atoms with Gasteiger partial charge in [-0.15, -0.1) is 0 Å². The molecule has 0 amide bonds. The normalized spacial score (nSPS) is 11.0. The maximum Gasteiger partial charge on any atom is 0.335 e. The number of carboxylic acids is 1. The number of ether oxygens (including phenoxy) is 1. The van der Waals surface area contributed by atoms with Crippen LogP contribution < -0.4 is 4.74 Å². The summed E-state index contributed by atoms with van der Waals surface area (Å²) in [4.78, 5) is 11.7. The van der Waals surface area contributed by atoms with Crippen molar-refractivity contribution in [1.82, 2.24) is 0 Å². The Bertz CT molecular complexity index is 1120. The Hall–Kier alpha value is -3.14. The number of aryl methyl sites for hydroxylation is 1. The summed E-state index contributed by atoms with van der Waals surface area (Å²) in [7, 11) is 0. The van der Waals surface area contributed by atoms with Crippen LogP contribution >= 0.6 is 0 Å². The minimum absolute atomic E-state index is 0.140. The Kier molecular flexibility index (Phi) is 11.7. The molecule has 1 N–H and O–H groups in total. The van der Waals surface area contributed by atoms with E-state index in [2.05, 4.69) is 13.8 Å². The molecule has 3 aromatic carbocycles. The summed E-state index contributed by atoms with van der Waals surface area (Å²) >= 11 is 0. The molecule has 37 heavy (non-hydrogen) atoms. The van der Waals surface area contributed by atoms with Crippen LogP contribution in [0.4, 0.5) is 4.39 Å². The molecule has 0 radical (unpaired) electrons. The van der Waals surface area contributed by atoms with Crippen molar-refractivity contribution in [3.05, 3.63) is 77.6 Å². The van der Waals surface area contributed by atoms with Crippen LogP contribution in [0.15, 0.2) is 60.7 Å². The van der Waals surface area contributed by atoms with Crippen LogP contribution in [0.5, 0.6) is 5.75 Å². The maximum atomic E-state index is 15.3. The molecule has 3 nitrogen and oxygen atoms in total. The zero-order valence-electron chi connectivity index (χ0n) is 22.4. The SMILES string of the molecule is CCCCCCCOc1ccc(-c2ccc(C(=O)O)cc2-c2ccc(CCCCCCC)cc2F)cc1. The van der Waals surface area contributed by atoms with Gasteiger partial charge < -0.3 is 9.84 Å². The van der Waals surface area contributed by atoms with E-state index in [-0.39, 0.29) is 11.4 Å². The third-order valence-corrected chi connectivity index (χ3v) is 6.84. The lowest BCUT2D eigenvalue weighted by Crippen LogP contribution is -1.99. The van der Waals surface area contributed by atoms with E-state index in [9.17, 15) is 9.90 Å². The fourth-order valence-electron chi connectivity index (χ4n) is 4.64. The minimum Gasteiger partial charge on any atom is -0.494 e. The van der Waals surface area contributed by atoms with Crippen LogP contribution in [0.2, 0.25) is 0 Å². The number of aromatic carboxylic acids is 1. The van der Waals surface area contributed by atoms with Crippen LogP contribution in [-0.2, 0) is 6.42 Å². The molecule has 0 bridgehead atoms. The maximum absolute atomic E-state index is 15.3. The number of hydrogen-bond donors (Lipinski definition) is 1. The molecular formula is C33H41FO3. The zero-order valence-corrected chi connectivity index (χ0v) is 22.4. The van der Waals surface area contributed by atoms with Crippen LogP contribution in [0.3, 0.4) is 0 Å². The number of halogens is 1. The van der Waals surface area contributed by atoms with Gasteiger partial charge in [-0.3, -0.25) is 0 Å². The highest BCUT2D eigenvalue weighted by molar-refractivity contribution is 5.93. The van der Waals surface area contributed by atoms with Gasteiger partial charge in [0, 0.05) is 5.56 Å². The van der Waals surface area contributed by atoms with E-state index < -0.39 is 5.97 Å². The van der Waals surface area contributed by atoms with Gasteiger partial charge >= 0.3 is 5.97 Å². The summed E-state index contributed by atoms with van der Waals surface area (Å²) in [6.07, 6.45) is 12.7. The van der Waals surface area contributed by atoms with Crippen LogP contribution in [0.1, 0.15) is 94.0 Å². The molecule has 0 aliphatic carbocycles. The predicted octanol–water partition coefficient (Wildman–Crippen LogP) is 9.72. The number of hydrogen-bond acceptors (Lipinski definition) is 2. The fraction of sp³-hybridized carbons (Fsp3) is 0.424. The second-order valence-corrected chi connectivity index (χ2v) is 9.83. The van der Waals surface area contributed by atoms with Gasteiger partial charge in [-0.05, 0) is 71.8 Å². The first-order valence-corrected chi connectivity index (χ1v) is 13.9. The second kappa shape index (κ2) is 15.2. The molecule has 0 spiro atoms. The topological polar surface area (TPSA) is 46.5 Å². The van der Waals surface area contributed by atoms with Crippen LogP contribution in [0, 0.1) is 5.82 Å². The fourth-order valence-corrected chi connectivity index (χ4v) is 4.64. The zero-order chi connectivity index (χ0) is 26.5. The lowest BCUT2D eigenvalue weighted by atomic mass is 9.91. The summed E-state index contributed by atoms with van der Waals surface area (Å²) in [6, 6.07) is 18.0. The molecular weight excluding hydrogens is 463 g/mol. The van der Waals surface area contributed by atoms with Gasteiger partial charge in [0.05, 0.1) is 12.2 Å². The van der Waals surface area contributed by atoms with Crippen molar-refractivity contribution >= 4 is 5.97 Å². The van der Waals surface area contributed by atoms with E-state index in [0.29, 0.717) is 17.7 Å². The Balaban J connectivity index is 1.78. The minimum atomic E-state index is -1.03. The molecule has 198 valence electrons. The van der Waals surface area contributed by atoms with Crippen molar-refractivity contribution in [3.63, 3.8) is 0 Å². The van der Waals surface area contributed by atoms with E-state index in [0.717, 1.165) is 48.1 Å². The molecule has 4 heteroatoms. The van der Waals surface area contributed by atoms with Gasteiger partial charge in [-0.25, -0.2) is 9.18 Å². The van der Waals surface area contributed by atoms with Gasteiger partial charge in [0.25, 0.3) is 0 Å². The Morgan fingerprint density at radius 1 is 0.730 bits per heavy atom. The summed E-state index contributed by atoms with van der Waals surface area (Å²) in [5.41, 5.74) is 3.80. The third kappa shape index (κ3) is 8.73. The molecule has 3 aromatic rings. The number of unbranched alkanes of at least 4 members (excludes halogenated alkanes) is 8. The summed E-state index contributed by atoms with van der Waals surface area (Å²) in [6.45, 7) is 5.09. The molecule has 0 unspecified atom stereocenters. The molecule has 0 saturated carbocycles. The summed E-state index contributed by atoms with van der Waals surface area (Å²) < 4.78 is 21.2. The largest absolute Gasteiger partial charge is 0.494 e. The molecule has 3 rings (SSSR count). The van der Waals surface area contributed by atoms with Crippen molar-refractivity contribution in [1.29, 1.82) is 0 Å². The number of carboxylic acid groups (broad SMARTS) is 1. The van der Waals surface area contributed by atoms with E-state index in [1.807, 2.05) is 30.3 Å². The molecule has 0 saturated heterocycles. The molecule has 0 aliphatic heterocycles. The average molecular weight is 505 g/mol. The van der Waals surface area contributed by atoms with E-state index in [1.54, 1.807) is 30.3 Å². The Morgan fingerprint density at radius 2 is 1.38 bits per heavy atom. The lowest BCUT2D eigenvalue weighted by molar-refractivity contribution is 0.0697. The smallest absolute Gasteiger partial charge is 0.335 e. The first kappa shape index (κ1) is 28.4. The molecule has 0 aromatic heterocycles. The van der Waals surface area contributed by atoms with Crippen molar-refractivity contribution in [2.75, 3.05) is 6.61 Å². The monoisotopic (exact) mass is 504 g/mol. The van der Waals surface area contributed by atoms with E-state index >= 15 is 4.39 Å². The number of carbonyl (C=O) groups is 1. The summed E-state index contributed by atoms with van der Waals surface area (Å²) in [5, 5.41) is 9.57. The van der Waals surface area contributed by atoms with Crippen molar-refractivity contribution < 1.29 is 19.0 Å². The van der Waals surface area contributed by atoms with Crippen molar-refractivity contribution in [2.45, 2.75) is 84.5 Å². The van der Waals surface area contributed by atoms with Crippen LogP contribution in [-0.4, -0.2) is 17.7 Å². The molecule has 0 heterocycles. The standard InChI is InChI=1S/C33H41FO3/c1-3-5-7-9-11-13-25-14-20-30(32(34)23-25)31-24-27(33(35)36)17-21-29(31)26-15-18-28(19-16-26)37-22-12-10-8-6-4-2/h14-21,23-24H,3-13,22H2,1-2H3,(H,35,36). The lowest BCUT2D eigenvalue weighted by Gasteiger charge is -2.14. The number of rotatable bonds is 16. The Labute approximate surface area is 221 Å². The average Bonchev–Trinajstić information content (AvgIpc) is 2.91. The van der Waals surface area contributed by atoms with Crippen LogP contribution in [0.25, 0.3) is 22.3 Å². The highest BCUT2D eigenvalue weighted by Crippen LogP contribution is 2.36. The van der Waals surface area contributed by atoms with E-state index in [1.165, 1.54) is 44.9 Å². The third-order valence-electron chi connectivity index (χ3n) is 6.84. The van der Waals surface area contributed by atoms with Crippen molar-refractivity contribution in [2.24, 2.45) is 0 Å². The second-order valence-electron chi connectivity index (χ2n) is 9.83. The van der Waals surface area contributed by atoms with E-state index in [4.69, 9.17) is 4.74 Å². The van der Waals surface area contributed by atoms with Gasteiger partial charge in [0.15, 0.2) is 0 Å². The predicted molar refractivity (Wildman–Crippen MR) is 151 cm³/mol. The summed E-state index contributed by atoms with van der Waals surface area (Å²) in [5.74, 6) is -0.546. The quantitative estimate of drug-likeness (QED) is 0.197. The molecule has 0 aliphatic rings. The van der Waals surface area contributed by atoms with Gasteiger partial charge in [0.2, 0.25) is 0 Å². The number of benzene rings is 3. The first-order chi connectivity index (χ1) is 18.0. The highest BCUT2D eigenvalue weighted by Gasteiger charge is 2.15.